The first-order chi connectivity index (χ1) is 10.3. The normalized spacial score (nSPS) is 28.0. The van der Waals surface area contributed by atoms with Crippen molar-refractivity contribution in [1.82, 2.24) is 9.55 Å². The van der Waals surface area contributed by atoms with Gasteiger partial charge in [0.2, 0.25) is 0 Å². The maximum absolute atomic E-state index is 11.7. The van der Waals surface area contributed by atoms with Gasteiger partial charge in [0.15, 0.2) is 6.23 Å². The number of aliphatic hydroxyl groups excluding tert-OH is 2. The van der Waals surface area contributed by atoms with Crippen LogP contribution in [-0.2, 0) is 14.3 Å². The Morgan fingerprint density at radius 2 is 2.09 bits per heavy atom. The Hall–Kier alpha value is -1.97. The maximum Gasteiger partial charge on any atom is 0.330 e. The van der Waals surface area contributed by atoms with E-state index in [9.17, 15) is 24.6 Å². The van der Waals surface area contributed by atoms with Gasteiger partial charge in [-0.05, 0) is 0 Å². The number of esters is 1. The van der Waals surface area contributed by atoms with Crippen LogP contribution in [0.2, 0.25) is 0 Å². The van der Waals surface area contributed by atoms with Crippen molar-refractivity contribution in [3.05, 3.63) is 33.1 Å². The summed E-state index contributed by atoms with van der Waals surface area (Å²) in [5, 5.41) is 19.9. The van der Waals surface area contributed by atoms with Crippen molar-refractivity contribution < 1.29 is 24.5 Å². The number of aromatic amines is 1. The molecule has 1 aromatic rings. The zero-order valence-electron chi connectivity index (χ0n) is 12.1. The summed E-state index contributed by atoms with van der Waals surface area (Å²) in [7, 11) is 0. The highest BCUT2D eigenvalue weighted by molar-refractivity contribution is 5.71. The van der Waals surface area contributed by atoms with Crippen molar-refractivity contribution in [1.29, 1.82) is 0 Å². The topological polar surface area (TPSA) is 131 Å². The zero-order chi connectivity index (χ0) is 16.4. The van der Waals surface area contributed by atoms with Gasteiger partial charge in [0.25, 0.3) is 5.56 Å². The van der Waals surface area contributed by atoms with E-state index in [2.05, 4.69) is 0 Å². The van der Waals surface area contributed by atoms with Crippen LogP contribution in [0.25, 0.3) is 0 Å². The van der Waals surface area contributed by atoms with E-state index in [1.54, 1.807) is 13.8 Å². The molecule has 1 saturated heterocycles. The fourth-order valence-corrected chi connectivity index (χ4v) is 2.06. The van der Waals surface area contributed by atoms with Crippen LogP contribution in [0.15, 0.2) is 21.9 Å². The van der Waals surface area contributed by atoms with E-state index in [-0.39, 0.29) is 12.5 Å². The standard InChI is InChI=1S/C13H18N2O7/c1-6(2)12(19)21-5-7-9(17)10(18)11(22-7)15-4-3-8(16)14-13(15)20/h3-4,6-7,9-11,17-18H,5H2,1-2H3,(H,14,16,20)/t7-,9+,10+,11-/m1/s1. The van der Waals surface area contributed by atoms with E-state index in [0.717, 1.165) is 16.8 Å². The molecule has 0 unspecified atom stereocenters. The van der Waals surface area contributed by atoms with Gasteiger partial charge in [-0.3, -0.25) is 19.1 Å². The van der Waals surface area contributed by atoms with Crippen LogP contribution >= 0.6 is 0 Å². The summed E-state index contributed by atoms with van der Waals surface area (Å²) in [5.74, 6) is -0.795. The first-order valence-corrected chi connectivity index (χ1v) is 6.81. The van der Waals surface area contributed by atoms with Crippen molar-refractivity contribution >= 4 is 5.97 Å². The van der Waals surface area contributed by atoms with Gasteiger partial charge in [-0.1, -0.05) is 13.8 Å². The number of aliphatic hydroxyl groups is 2. The lowest BCUT2D eigenvalue weighted by molar-refractivity contribution is -0.153. The fraction of sp³-hybridized carbons (Fsp3) is 0.615. The average Bonchev–Trinajstić information content (AvgIpc) is 2.73. The molecule has 1 aromatic heterocycles. The molecule has 9 nitrogen and oxygen atoms in total. The highest BCUT2D eigenvalue weighted by atomic mass is 16.6. The lowest BCUT2D eigenvalue weighted by atomic mass is 10.1. The molecule has 2 heterocycles. The van der Waals surface area contributed by atoms with Crippen LogP contribution in [0.1, 0.15) is 20.1 Å². The third-order valence-electron chi connectivity index (χ3n) is 3.32. The van der Waals surface area contributed by atoms with Crippen LogP contribution in [0.4, 0.5) is 0 Å². The molecule has 1 aliphatic heterocycles. The van der Waals surface area contributed by atoms with Crippen LogP contribution < -0.4 is 11.2 Å². The molecule has 0 saturated carbocycles. The van der Waals surface area contributed by atoms with Gasteiger partial charge in [0.1, 0.15) is 24.9 Å². The first kappa shape index (κ1) is 16.4. The number of carbonyl (C=O) groups is 1. The molecule has 0 amide bonds. The minimum atomic E-state index is -1.40. The van der Waals surface area contributed by atoms with Crippen LogP contribution in [-0.4, -0.2) is 50.7 Å². The highest BCUT2D eigenvalue weighted by Gasteiger charge is 2.44. The smallest absolute Gasteiger partial charge is 0.330 e. The third-order valence-corrected chi connectivity index (χ3v) is 3.32. The van der Waals surface area contributed by atoms with E-state index in [0.29, 0.717) is 0 Å². The quantitative estimate of drug-likeness (QED) is 0.568. The second-order valence-electron chi connectivity index (χ2n) is 5.35. The van der Waals surface area contributed by atoms with Crippen LogP contribution in [0.5, 0.6) is 0 Å². The molecule has 0 bridgehead atoms. The molecule has 0 aliphatic carbocycles. The minimum absolute atomic E-state index is 0.246. The second kappa shape index (κ2) is 6.42. The second-order valence-corrected chi connectivity index (χ2v) is 5.35. The molecule has 22 heavy (non-hydrogen) atoms. The van der Waals surface area contributed by atoms with E-state index in [1.165, 1.54) is 0 Å². The van der Waals surface area contributed by atoms with Gasteiger partial charge < -0.3 is 19.7 Å². The van der Waals surface area contributed by atoms with Crippen molar-refractivity contribution in [2.75, 3.05) is 6.61 Å². The summed E-state index contributed by atoms with van der Waals surface area (Å²) in [6, 6.07) is 1.09. The Kier molecular flexibility index (Phi) is 4.79. The largest absolute Gasteiger partial charge is 0.463 e. The average molecular weight is 314 g/mol. The number of carbonyl (C=O) groups excluding carboxylic acids is 1. The highest BCUT2D eigenvalue weighted by Crippen LogP contribution is 2.28. The number of hydrogen-bond donors (Lipinski definition) is 3. The van der Waals surface area contributed by atoms with Gasteiger partial charge >= 0.3 is 11.7 Å². The predicted molar refractivity (Wildman–Crippen MR) is 73.0 cm³/mol. The Labute approximate surface area is 125 Å². The van der Waals surface area contributed by atoms with Gasteiger partial charge in [-0.15, -0.1) is 0 Å². The molecule has 0 spiro atoms. The number of ether oxygens (including phenoxy) is 2. The van der Waals surface area contributed by atoms with Gasteiger partial charge in [-0.2, -0.15) is 0 Å². The summed E-state index contributed by atoms with van der Waals surface area (Å²) >= 11 is 0. The minimum Gasteiger partial charge on any atom is -0.463 e. The number of rotatable bonds is 4. The summed E-state index contributed by atoms with van der Waals surface area (Å²) in [4.78, 5) is 36.2. The predicted octanol–water partition coefficient (Wildman–Crippen LogP) is -1.64. The van der Waals surface area contributed by atoms with Gasteiger partial charge in [-0.25, -0.2) is 4.79 Å². The molecule has 2 rings (SSSR count). The summed E-state index contributed by atoms with van der Waals surface area (Å²) in [6.07, 6.45) is -3.72. The van der Waals surface area contributed by atoms with Crippen LogP contribution in [0, 0.1) is 5.92 Å². The molecule has 122 valence electrons. The number of hydrogen-bond acceptors (Lipinski definition) is 7. The Morgan fingerprint density at radius 1 is 1.41 bits per heavy atom. The molecule has 0 aromatic carbocycles. The molecule has 0 radical (unpaired) electrons. The van der Waals surface area contributed by atoms with Crippen molar-refractivity contribution in [3.8, 4) is 0 Å². The lowest BCUT2D eigenvalue weighted by Gasteiger charge is -2.16. The SMILES string of the molecule is CC(C)C(=O)OC[C@H]1O[C@@H](n2ccc(=O)[nH]c2=O)[C@@H](O)[C@H]1O. The van der Waals surface area contributed by atoms with Crippen molar-refractivity contribution in [2.24, 2.45) is 5.92 Å². The third kappa shape index (κ3) is 3.26. The van der Waals surface area contributed by atoms with E-state index < -0.39 is 41.8 Å². The van der Waals surface area contributed by atoms with Crippen LogP contribution in [0.3, 0.4) is 0 Å². The van der Waals surface area contributed by atoms with Crippen molar-refractivity contribution in [2.45, 2.75) is 38.4 Å². The van der Waals surface area contributed by atoms with Gasteiger partial charge in [0.05, 0.1) is 5.92 Å². The Bertz CT molecular complexity index is 650. The summed E-state index contributed by atoms with van der Waals surface area (Å²) in [5.41, 5.74) is -1.36. The Balaban J connectivity index is 2.11. The molecule has 3 N–H and O–H groups in total. The monoisotopic (exact) mass is 314 g/mol. The molecule has 1 aliphatic rings. The van der Waals surface area contributed by atoms with E-state index in [1.807, 2.05) is 4.98 Å². The Morgan fingerprint density at radius 3 is 2.68 bits per heavy atom. The summed E-state index contributed by atoms with van der Waals surface area (Å²) in [6.45, 7) is 3.07. The first-order valence-electron chi connectivity index (χ1n) is 6.81. The lowest BCUT2D eigenvalue weighted by Crippen LogP contribution is -2.37. The maximum atomic E-state index is 11.7. The van der Waals surface area contributed by atoms with Crippen molar-refractivity contribution in [3.63, 3.8) is 0 Å². The molecule has 1 fully saturated rings. The number of H-pyrrole nitrogens is 1. The molecule has 4 atom stereocenters. The number of nitrogens with zero attached hydrogens (tertiary/aromatic N) is 1. The van der Waals surface area contributed by atoms with E-state index >= 15 is 0 Å². The molecular weight excluding hydrogens is 296 g/mol. The number of aromatic nitrogens is 2. The summed E-state index contributed by atoms with van der Waals surface area (Å²) < 4.78 is 11.3. The molecule has 9 heteroatoms. The van der Waals surface area contributed by atoms with E-state index in [4.69, 9.17) is 9.47 Å². The molecular formula is C13H18N2O7. The van der Waals surface area contributed by atoms with Gasteiger partial charge in [0, 0.05) is 12.3 Å². The fourth-order valence-electron chi connectivity index (χ4n) is 2.06. The number of nitrogens with one attached hydrogen (secondary N) is 1. The zero-order valence-corrected chi connectivity index (χ0v) is 12.1.